The van der Waals surface area contributed by atoms with Crippen molar-refractivity contribution >= 4 is 39.2 Å². The third-order valence-electron chi connectivity index (χ3n) is 3.85. The fourth-order valence-corrected chi connectivity index (χ4v) is 4.58. The Bertz CT molecular complexity index is 993. The number of carbonyl (C=O) groups excluding carboxylic acids is 1. The van der Waals surface area contributed by atoms with E-state index in [0.29, 0.717) is 35.7 Å². The maximum absolute atomic E-state index is 13.1. The number of thiophene rings is 1. The van der Waals surface area contributed by atoms with E-state index in [2.05, 4.69) is 6.58 Å². The Balaban J connectivity index is 2.02. The highest BCUT2D eigenvalue weighted by Crippen LogP contribution is 2.32. The number of allylic oxidation sites excluding steroid dienone is 1. The van der Waals surface area contributed by atoms with Crippen molar-refractivity contribution in [2.24, 2.45) is 5.73 Å². The summed E-state index contributed by atoms with van der Waals surface area (Å²) < 4.78 is 1.64. The zero-order valence-electron chi connectivity index (χ0n) is 14.2. The first-order valence-corrected chi connectivity index (χ1v) is 10.1. The molecule has 0 spiro atoms. The van der Waals surface area contributed by atoms with Crippen LogP contribution in [-0.4, -0.2) is 21.2 Å². The summed E-state index contributed by atoms with van der Waals surface area (Å²) in [5, 5.41) is 3.27. The van der Waals surface area contributed by atoms with Gasteiger partial charge in [0, 0.05) is 29.7 Å². The molecule has 134 valence electrons. The van der Waals surface area contributed by atoms with E-state index >= 15 is 0 Å². The fourth-order valence-electron chi connectivity index (χ4n) is 2.65. The van der Waals surface area contributed by atoms with Crippen LogP contribution in [0.1, 0.15) is 12.8 Å². The second-order valence-electron chi connectivity index (χ2n) is 5.71. The lowest BCUT2D eigenvalue weighted by Gasteiger charge is -2.10. The predicted molar refractivity (Wildman–Crippen MR) is 109 cm³/mol. The third-order valence-corrected chi connectivity index (χ3v) is 5.79. The molecular formula is C19H19N3O2S2. The SMILES string of the molecule is C=CCn1c(SCCCC(N)=O)nc2scc(-c3ccccc3)c2c1=O. The summed E-state index contributed by atoms with van der Waals surface area (Å²) in [6.07, 6.45) is 2.68. The molecule has 3 rings (SSSR count). The van der Waals surface area contributed by atoms with Crippen LogP contribution in [0.15, 0.2) is 58.3 Å². The minimum atomic E-state index is -0.316. The lowest BCUT2D eigenvalue weighted by atomic mass is 10.1. The van der Waals surface area contributed by atoms with Gasteiger partial charge in [-0.1, -0.05) is 48.2 Å². The summed E-state index contributed by atoms with van der Waals surface area (Å²) in [4.78, 5) is 29.4. The van der Waals surface area contributed by atoms with Gasteiger partial charge in [0.25, 0.3) is 5.56 Å². The van der Waals surface area contributed by atoms with Crippen molar-refractivity contribution in [3.63, 3.8) is 0 Å². The van der Waals surface area contributed by atoms with E-state index in [9.17, 15) is 9.59 Å². The predicted octanol–water partition coefficient (Wildman–Crippen LogP) is 3.67. The zero-order chi connectivity index (χ0) is 18.5. The van der Waals surface area contributed by atoms with E-state index in [0.717, 1.165) is 16.0 Å². The van der Waals surface area contributed by atoms with Crippen molar-refractivity contribution in [1.82, 2.24) is 9.55 Å². The molecule has 3 aromatic rings. The van der Waals surface area contributed by atoms with E-state index in [1.54, 1.807) is 10.6 Å². The van der Waals surface area contributed by atoms with E-state index in [4.69, 9.17) is 10.7 Å². The van der Waals surface area contributed by atoms with Gasteiger partial charge in [0.05, 0.1) is 5.39 Å². The standard InChI is InChI=1S/C19H19N3O2S2/c1-2-10-22-18(24)16-14(13-7-4-3-5-8-13)12-26-17(16)21-19(22)25-11-6-9-15(20)23/h2-5,7-8,12H,1,6,9-11H2,(H2,20,23). The highest BCUT2D eigenvalue weighted by molar-refractivity contribution is 7.99. The van der Waals surface area contributed by atoms with Crippen LogP contribution < -0.4 is 11.3 Å². The van der Waals surface area contributed by atoms with Crippen LogP contribution in [0.4, 0.5) is 0 Å². The van der Waals surface area contributed by atoms with Crippen molar-refractivity contribution in [2.75, 3.05) is 5.75 Å². The number of benzene rings is 1. The molecule has 5 nitrogen and oxygen atoms in total. The Kier molecular flexibility index (Phi) is 5.90. The number of nitrogens with zero attached hydrogens (tertiary/aromatic N) is 2. The second kappa shape index (κ2) is 8.33. The molecule has 0 radical (unpaired) electrons. The first kappa shape index (κ1) is 18.4. The fraction of sp³-hybridized carbons (Fsp3) is 0.211. The third kappa shape index (κ3) is 3.89. The molecule has 0 aliphatic carbocycles. The summed E-state index contributed by atoms with van der Waals surface area (Å²) in [7, 11) is 0. The summed E-state index contributed by atoms with van der Waals surface area (Å²) in [6.45, 7) is 4.14. The van der Waals surface area contributed by atoms with E-state index in [-0.39, 0.29) is 11.5 Å². The van der Waals surface area contributed by atoms with Crippen LogP contribution >= 0.6 is 23.1 Å². The lowest BCUT2D eigenvalue weighted by Crippen LogP contribution is -2.22. The Hall–Kier alpha value is -2.38. The van der Waals surface area contributed by atoms with Gasteiger partial charge in [-0.3, -0.25) is 14.2 Å². The van der Waals surface area contributed by atoms with Crippen molar-refractivity contribution in [1.29, 1.82) is 0 Å². The van der Waals surface area contributed by atoms with Crippen molar-refractivity contribution < 1.29 is 4.79 Å². The van der Waals surface area contributed by atoms with Gasteiger partial charge in [0.2, 0.25) is 5.91 Å². The Morgan fingerprint density at radius 2 is 2.12 bits per heavy atom. The molecule has 2 N–H and O–H groups in total. The van der Waals surface area contributed by atoms with E-state index in [1.807, 2.05) is 35.7 Å². The first-order valence-electron chi connectivity index (χ1n) is 8.21. The molecule has 26 heavy (non-hydrogen) atoms. The summed E-state index contributed by atoms with van der Waals surface area (Å²) in [5.74, 6) is 0.359. The van der Waals surface area contributed by atoms with Crippen LogP contribution in [0.5, 0.6) is 0 Å². The molecule has 0 saturated carbocycles. The second-order valence-corrected chi connectivity index (χ2v) is 7.63. The smallest absolute Gasteiger partial charge is 0.263 e. The van der Waals surface area contributed by atoms with Gasteiger partial charge in [0.15, 0.2) is 5.16 Å². The summed E-state index contributed by atoms with van der Waals surface area (Å²) in [5.41, 5.74) is 7.03. The Morgan fingerprint density at radius 1 is 1.35 bits per heavy atom. The first-order chi connectivity index (χ1) is 12.6. The maximum Gasteiger partial charge on any atom is 0.263 e. The van der Waals surface area contributed by atoms with Crippen molar-refractivity contribution in [2.45, 2.75) is 24.5 Å². The number of hydrogen-bond donors (Lipinski definition) is 1. The molecule has 0 bridgehead atoms. The van der Waals surface area contributed by atoms with Crippen LogP contribution in [0, 0.1) is 0 Å². The molecule has 7 heteroatoms. The molecule has 1 aromatic carbocycles. The van der Waals surface area contributed by atoms with Crippen molar-refractivity contribution in [3.05, 3.63) is 58.7 Å². The minimum Gasteiger partial charge on any atom is -0.370 e. The number of fused-ring (bicyclic) bond motifs is 1. The zero-order valence-corrected chi connectivity index (χ0v) is 15.8. The molecule has 1 amide bonds. The van der Waals surface area contributed by atoms with Gasteiger partial charge in [-0.15, -0.1) is 17.9 Å². The molecular weight excluding hydrogens is 366 g/mol. The number of primary amides is 1. The molecule has 0 aliphatic heterocycles. The van der Waals surface area contributed by atoms with Crippen molar-refractivity contribution in [3.8, 4) is 11.1 Å². The van der Waals surface area contributed by atoms with Crippen LogP contribution in [-0.2, 0) is 11.3 Å². The topological polar surface area (TPSA) is 78.0 Å². The molecule has 2 aromatic heterocycles. The molecule has 0 unspecified atom stereocenters. The lowest BCUT2D eigenvalue weighted by molar-refractivity contribution is -0.118. The largest absolute Gasteiger partial charge is 0.370 e. The van der Waals surface area contributed by atoms with Gasteiger partial charge in [-0.05, 0) is 12.0 Å². The quantitative estimate of drug-likeness (QED) is 0.278. The highest BCUT2D eigenvalue weighted by atomic mass is 32.2. The monoisotopic (exact) mass is 385 g/mol. The van der Waals surface area contributed by atoms with Crippen LogP contribution in [0.3, 0.4) is 0 Å². The number of thioether (sulfide) groups is 1. The number of hydrogen-bond acceptors (Lipinski definition) is 5. The molecule has 0 fully saturated rings. The Morgan fingerprint density at radius 3 is 2.81 bits per heavy atom. The number of amides is 1. The maximum atomic E-state index is 13.1. The highest BCUT2D eigenvalue weighted by Gasteiger charge is 2.16. The van der Waals surface area contributed by atoms with Crippen LogP contribution in [0.25, 0.3) is 21.3 Å². The molecule has 0 atom stereocenters. The van der Waals surface area contributed by atoms with E-state index in [1.165, 1.54) is 23.1 Å². The van der Waals surface area contributed by atoms with Gasteiger partial charge in [-0.2, -0.15) is 0 Å². The molecule has 0 saturated heterocycles. The molecule has 0 aliphatic rings. The van der Waals surface area contributed by atoms with Gasteiger partial charge >= 0.3 is 0 Å². The average Bonchev–Trinajstić information content (AvgIpc) is 3.06. The average molecular weight is 386 g/mol. The molecule has 2 heterocycles. The normalized spacial score (nSPS) is 10.9. The van der Waals surface area contributed by atoms with E-state index < -0.39 is 0 Å². The number of carbonyl (C=O) groups is 1. The summed E-state index contributed by atoms with van der Waals surface area (Å²) in [6, 6.07) is 9.85. The number of aromatic nitrogens is 2. The Labute approximate surface area is 159 Å². The van der Waals surface area contributed by atoms with Gasteiger partial charge in [-0.25, -0.2) is 4.98 Å². The minimum absolute atomic E-state index is 0.0626. The number of nitrogens with two attached hydrogens (primary N) is 1. The van der Waals surface area contributed by atoms with Gasteiger partial charge in [0.1, 0.15) is 4.83 Å². The van der Waals surface area contributed by atoms with Gasteiger partial charge < -0.3 is 5.73 Å². The number of rotatable bonds is 8. The summed E-state index contributed by atoms with van der Waals surface area (Å²) >= 11 is 2.94. The van der Waals surface area contributed by atoms with Crippen LogP contribution in [0.2, 0.25) is 0 Å².